The largest absolute Gasteiger partial charge is 0.244 e. The molecule has 1 fully saturated rings. The van der Waals surface area contributed by atoms with Crippen LogP contribution < -0.4 is 0 Å². The normalized spacial score (nSPS) is 26.2. The predicted molar refractivity (Wildman–Crippen MR) is 37.1 cm³/mol. The number of alkyl halides is 1. The summed E-state index contributed by atoms with van der Waals surface area (Å²) in [6, 6.07) is 0. The van der Waals surface area contributed by atoms with E-state index in [4.69, 9.17) is 0 Å². The first-order chi connectivity index (χ1) is 4.10. The lowest BCUT2D eigenvalue weighted by Gasteiger charge is -2.26. The molecule has 1 aliphatic rings. The molecule has 0 aromatic heterocycles. The lowest BCUT2D eigenvalue weighted by molar-refractivity contribution is 0.147. The molecule has 0 N–H and O–H groups in total. The molecule has 1 aliphatic carbocycles. The van der Waals surface area contributed by atoms with E-state index in [-0.39, 0.29) is 0 Å². The average Bonchev–Trinajstić information content (AvgIpc) is 1.78. The molecule has 0 spiro atoms. The van der Waals surface area contributed by atoms with Crippen LogP contribution in [0.1, 0.15) is 32.6 Å². The minimum atomic E-state index is -0.902. The fourth-order valence-electron chi connectivity index (χ4n) is 1.12. The first kappa shape index (κ1) is 6.79. The molecule has 0 aromatic carbocycles. The van der Waals surface area contributed by atoms with Gasteiger partial charge in [0.25, 0.3) is 0 Å². The van der Waals surface area contributed by atoms with Crippen molar-refractivity contribution < 1.29 is 4.39 Å². The zero-order valence-electron chi connectivity index (χ0n) is 5.91. The fourth-order valence-corrected chi connectivity index (χ4v) is 1.12. The second-order valence-corrected chi connectivity index (χ2v) is 3.16. The van der Waals surface area contributed by atoms with Gasteiger partial charge in [-0.05, 0) is 32.6 Å². The monoisotopic (exact) mass is 128 g/mol. The molecule has 0 atom stereocenters. The zero-order valence-corrected chi connectivity index (χ0v) is 5.91. The average molecular weight is 128 g/mol. The summed E-state index contributed by atoms with van der Waals surface area (Å²) in [7, 11) is 0. The van der Waals surface area contributed by atoms with Crippen LogP contribution in [-0.2, 0) is 0 Å². The van der Waals surface area contributed by atoms with Crippen LogP contribution in [-0.4, -0.2) is 5.67 Å². The van der Waals surface area contributed by atoms with Gasteiger partial charge >= 0.3 is 0 Å². The predicted octanol–water partition coefficient (Wildman–Crippen LogP) is 2.84. The van der Waals surface area contributed by atoms with E-state index in [9.17, 15) is 4.39 Å². The Morgan fingerprint density at radius 2 is 1.89 bits per heavy atom. The van der Waals surface area contributed by atoms with Crippen molar-refractivity contribution in [3.8, 4) is 0 Å². The van der Waals surface area contributed by atoms with E-state index < -0.39 is 5.67 Å². The maximum absolute atomic E-state index is 13.0. The molecule has 1 rings (SSSR count). The van der Waals surface area contributed by atoms with Gasteiger partial charge in [0.05, 0.1) is 0 Å². The van der Waals surface area contributed by atoms with Crippen LogP contribution in [0.3, 0.4) is 0 Å². The van der Waals surface area contributed by atoms with Crippen molar-refractivity contribution in [1.82, 2.24) is 0 Å². The Morgan fingerprint density at radius 3 is 2.22 bits per heavy atom. The molecule has 0 saturated heterocycles. The molecule has 1 heteroatoms. The molecule has 0 nitrogen and oxygen atoms in total. The summed E-state index contributed by atoms with van der Waals surface area (Å²) >= 11 is 0. The van der Waals surface area contributed by atoms with E-state index in [1.54, 1.807) is 6.92 Å². The molecule has 0 amide bonds. The Bertz CT molecular complexity index is 113. The van der Waals surface area contributed by atoms with Crippen LogP contribution in [0.15, 0.2) is 12.2 Å². The Hall–Kier alpha value is -0.330. The second-order valence-electron chi connectivity index (χ2n) is 3.16. The molecule has 0 radical (unpaired) electrons. The number of hydrogen-bond donors (Lipinski definition) is 0. The van der Waals surface area contributed by atoms with Crippen molar-refractivity contribution in [3.05, 3.63) is 12.2 Å². The van der Waals surface area contributed by atoms with Gasteiger partial charge in [-0.15, -0.1) is 0 Å². The van der Waals surface area contributed by atoms with E-state index in [2.05, 4.69) is 6.58 Å². The Morgan fingerprint density at radius 1 is 1.44 bits per heavy atom. The van der Waals surface area contributed by atoms with E-state index in [0.717, 1.165) is 12.8 Å². The third-order valence-corrected chi connectivity index (χ3v) is 2.00. The Kier molecular flexibility index (Phi) is 1.60. The smallest absolute Gasteiger partial charge is 0.108 e. The molecule has 9 heavy (non-hydrogen) atoms. The van der Waals surface area contributed by atoms with Crippen LogP contribution in [0, 0.1) is 0 Å². The molecule has 52 valence electrons. The maximum Gasteiger partial charge on any atom is 0.108 e. The van der Waals surface area contributed by atoms with Crippen molar-refractivity contribution in [3.63, 3.8) is 0 Å². The van der Waals surface area contributed by atoms with E-state index in [1.807, 2.05) is 0 Å². The summed E-state index contributed by atoms with van der Waals surface area (Å²) < 4.78 is 13.0. The van der Waals surface area contributed by atoms with Gasteiger partial charge in [-0.25, -0.2) is 4.39 Å². The minimum absolute atomic E-state index is 0.672. The Labute approximate surface area is 55.8 Å². The van der Waals surface area contributed by atoms with Crippen LogP contribution in [0.2, 0.25) is 0 Å². The number of hydrogen-bond acceptors (Lipinski definition) is 0. The van der Waals surface area contributed by atoms with Crippen LogP contribution in [0.5, 0.6) is 0 Å². The summed E-state index contributed by atoms with van der Waals surface area (Å²) in [4.78, 5) is 0. The number of rotatable bonds is 0. The summed E-state index contributed by atoms with van der Waals surface area (Å²) in [5, 5.41) is 0. The fraction of sp³-hybridized carbons (Fsp3) is 0.750. The van der Waals surface area contributed by atoms with Crippen molar-refractivity contribution in [1.29, 1.82) is 0 Å². The molecule has 0 aromatic rings. The third-order valence-electron chi connectivity index (χ3n) is 2.00. The molecule has 0 bridgehead atoms. The van der Waals surface area contributed by atoms with Crippen molar-refractivity contribution in [2.45, 2.75) is 38.3 Å². The van der Waals surface area contributed by atoms with Crippen molar-refractivity contribution in [2.24, 2.45) is 0 Å². The van der Waals surface area contributed by atoms with E-state index >= 15 is 0 Å². The van der Waals surface area contributed by atoms with Gasteiger partial charge in [-0.3, -0.25) is 0 Å². The quantitative estimate of drug-likeness (QED) is 0.440. The molecule has 1 saturated carbocycles. The van der Waals surface area contributed by atoms with Crippen LogP contribution in [0.25, 0.3) is 0 Å². The molecule has 0 heterocycles. The lowest BCUT2D eigenvalue weighted by atomic mass is 9.86. The van der Waals surface area contributed by atoms with E-state index in [1.165, 1.54) is 5.57 Å². The minimum Gasteiger partial charge on any atom is -0.244 e. The first-order valence-electron chi connectivity index (χ1n) is 3.46. The SMILES string of the molecule is C=C1CCC(C)(F)CC1. The highest BCUT2D eigenvalue weighted by atomic mass is 19.1. The maximum atomic E-state index is 13.0. The van der Waals surface area contributed by atoms with Gasteiger partial charge < -0.3 is 0 Å². The van der Waals surface area contributed by atoms with Gasteiger partial charge in [-0.2, -0.15) is 0 Å². The Balaban J connectivity index is 2.44. The van der Waals surface area contributed by atoms with Gasteiger partial charge in [-0.1, -0.05) is 12.2 Å². The third kappa shape index (κ3) is 1.81. The summed E-state index contributed by atoms with van der Waals surface area (Å²) in [6.45, 7) is 5.49. The van der Waals surface area contributed by atoms with Crippen molar-refractivity contribution in [2.75, 3.05) is 0 Å². The van der Waals surface area contributed by atoms with Crippen LogP contribution >= 0.6 is 0 Å². The highest BCUT2D eigenvalue weighted by Crippen LogP contribution is 2.32. The van der Waals surface area contributed by atoms with Gasteiger partial charge in [0, 0.05) is 0 Å². The topological polar surface area (TPSA) is 0 Å². The van der Waals surface area contributed by atoms with Gasteiger partial charge in [0.1, 0.15) is 5.67 Å². The highest BCUT2D eigenvalue weighted by molar-refractivity contribution is 5.01. The lowest BCUT2D eigenvalue weighted by Crippen LogP contribution is -2.21. The second kappa shape index (κ2) is 2.13. The molecular weight excluding hydrogens is 115 g/mol. The van der Waals surface area contributed by atoms with Gasteiger partial charge in [0.2, 0.25) is 0 Å². The van der Waals surface area contributed by atoms with Crippen LogP contribution in [0.4, 0.5) is 4.39 Å². The van der Waals surface area contributed by atoms with E-state index in [0.29, 0.717) is 12.8 Å². The van der Waals surface area contributed by atoms with Crippen molar-refractivity contribution >= 4 is 0 Å². The molecular formula is C8H13F. The first-order valence-corrected chi connectivity index (χ1v) is 3.46. The summed E-state index contributed by atoms with van der Waals surface area (Å²) in [6.07, 6.45) is 3.11. The molecule has 0 aliphatic heterocycles. The van der Waals surface area contributed by atoms with Gasteiger partial charge in [0.15, 0.2) is 0 Å². The number of allylic oxidation sites excluding steroid dienone is 1. The zero-order chi connectivity index (χ0) is 6.91. The highest BCUT2D eigenvalue weighted by Gasteiger charge is 2.26. The summed E-state index contributed by atoms with van der Waals surface area (Å²) in [5.41, 5.74) is 0.311. The molecule has 0 unspecified atom stereocenters. The number of halogens is 1. The standard InChI is InChI=1S/C8H13F/c1-7-3-5-8(2,9)6-4-7/h1,3-6H2,2H3. The summed E-state index contributed by atoms with van der Waals surface area (Å²) in [5.74, 6) is 0.